The lowest BCUT2D eigenvalue weighted by Crippen LogP contribution is -2.21. The van der Waals surface area contributed by atoms with Gasteiger partial charge < -0.3 is 14.8 Å². The summed E-state index contributed by atoms with van der Waals surface area (Å²) in [6.45, 7) is -0.367. The molecule has 0 radical (unpaired) electrons. The minimum Gasteiger partial charge on any atom is -0.496 e. The van der Waals surface area contributed by atoms with Crippen molar-refractivity contribution in [2.45, 2.75) is 6.42 Å². The number of halogens is 2. The number of carbonyl (C=O) groups excluding carboxylic acids is 2. The van der Waals surface area contributed by atoms with Crippen LogP contribution in [0.25, 0.3) is 0 Å². The number of hydrogen-bond acceptors (Lipinski definition) is 4. The van der Waals surface area contributed by atoms with Crippen LogP contribution in [0.4, 0.5) is 5.69 Å². The van der Waals surface area contributed by atoms with Crippen LogP contribution in [-0.2, 0) is 20.7 Å². The van der Waals surface area contributed by atoms with Crippen molar-refractivity contribution >= 4 is 45.1 Å². The molecule has 7 heteroatoms. The Morgan fingerprint density at radius 1 is 1.21 bits per heavy atom. The molecule has 24 heavy (non-hydrogen) atoms. The van der Waals surface area contributed by atoms with Crippen molar-refractivity contribution in [1.82, 2.24) is 0 Å². The molecule has 126 valence electrons. The Balaban J connectivity index is 1.87. The maximum Gasteiger partial charge on any atom is 0.310 e. The second kappa shape index (κ2) is 8.70. The summed E-state index contributed by atoms with van der Waals surface area (Å²) in [7, 11) is 1.50. The number of methoxy groups -OCH3 is 1. The highest BCUT2D eigenvalue weighted by Crippen LogP contribution is 2.23. The molecule has 0 fully saturated rings. The van der Waals surface area contributed by atoms with Crippen LogP contribution in [0.5, 0.6) is 5.75 Å². The highest BCUT2D eigenvalue weighted by molar-refractivity contribution is 9.10. The van der Waals surface area contributed by atoms with E-state index in [0.29, 0.717) is 22.0 Å². The Bertz CT molecular complexity index is 751. The Kier molecular flexibility index (Phi) is 6.63. The Morgan fingerprint density at radius 2 is 2.00 bits per heavy atom. The van der Waals surface area contributed by atoms with E-state index in [2.05, 4.69) is 21.2 Å². The Hall–Kier alpha value is -2.05. The molecule has 0 spiro atoms. The minimum absolute atomic E-state index is 0.0338. The van der Waals surface area contributed by atoms with Crippen molar-refractivity contribution in [2.24, 2.45) is 0 Å². The average Bonchev–Trinajstić information content (AvgIpc) is 2.53. The lowest BCUT2D eigenvalue weighted by molar-refractivity contribution is -0.146. The monoisotopic (exact) mass is 411 g/mol. The van der Waals surface area contributed by atoms with Crippen molar-refractivity contribution in [2.75, 3.05) is 19.0 Å². The van der Waals surface area contributed by atoms with E-state index >= 15 is 0 Å². The first-order chi connectivity index (χ1) is 11.5. The zero-order chi connectivity index (χ0) is 17.5. The summed E-state index contributed by atoms with van der Waals surface area (Å²) in [5.74, 6) is -0.422. The number of nitrogens with one attached hydrogen (secondary N) is 1. The van der Waals surface area contributed by atoms with Crippen LogP contribution in [-0.4, -0.2) is 25.6 Å². The molecule has 0 atom stereocenters. The fourth-order valence-electron chi connectivity index (χ4n) is 2.00. The summed E-state index contributed by atoms with van der Waals surface area (Å²) in [5, 5.41) is 3.13. The normalized spacial score (nSPS) is 10.1. The molecule has 1 N–H and O–H groups in total. The van der Waals surface area contributed by atoms with Crippen molar-refractivity contribution in [3.8, 4) is 5.75 Å². The van der Waals surface area contributed by atoms with Gasteiger partial charge in [0.15, 0.2) is 6.61 Å². The number of esters is 1. The van der Waals surface area contributed by atoms with E-state index in [9.17, 15) is 9.59 Å². The lowest BCUT2D eigenvalue weighted by Gasteiger charge is -2.09. The van der Waals surface area contributed by atoms with Crippen molar-refractivity contribution in [1.29, 1.82) is 0 Å². The standard InChI is InChI=1S/C17H15BrClNO4/c1-23-15-6-5-13(19)7-11(15)8-17(22)24-10-16(21)20-14-4-2-3-12(18)9-14/h2-7,9H,8,10H2,1H3,(H,20,21). The first-order valence-corrected chi connectivity index (χ1v) is 8.18. The SMILES string of the molecule is COc1ccc(Cl)cc1CC(=O)OCC(=O)Nc1cccc(Br)c1. The van der Waals surface area contributed by atoms with Crippen molar-refractivity contribution in [3.63, 3.8) is 0 Å². The van der Waals surface area contributed by atoms with Gasteiger partial charge in [-0.05, 0) is 36.4 Å². The Morgan fingerprint density at radius 3 is 2.71 bits per heavy atom. The number of amides is 1. The van der Waals surface area contributed by atoms with Crippen molar-refractivity contribution in [3.05, 3.63) is 57.5 Å². The van der Waals surface area contributed by atoms with Gasteiger partial charge in [0.25, 0.3) is 5.91 Å². The first-order valence-electron chi connectivity index (χ1n) is 7.01. The van der Waals surface area contributed by atoms with E-state index in [4.69, 9.17) is 21.1 Å². The molecule has 0 aliphatic carbocycles. The highest BCUT2D eigenvalue weighted by atomic mass is 79.9. The van der Waals surface area contributed by atoms with Crippen molar-refractivity contribution < 1.29 is 19.1 Å². The van der Waals surface area contributed by atoms with Gasteiger partial charge in [-0.2, -0.15) is 0 Å². The number of anilines is 1. The van der Waals surface area contributed by atoms with Crippen LogP contribution in [0, 0.1) is 0 Å². The van der Waals surface area contributed by atoms with Crippen LogP contribution in [0.3, 0.4) is 0 Å². The fourth-order valence-corrected chi connectivity index (χ4v) is 2.60. The molecule has 0 saturated heterocycles. The number of hydrogen-bond donors (Lipinski definition) is 1. The topological polar surface area (TPSA) is 64.6 Å². The zero-order valence-electron chi connectivity index (χ0n) is 12.8. The van der Waals surface area contributed by atoms with Crippen LogP contribution < -0.4 is 10.1 Å². The maximum atomic E-state index is 11.9. The Labute approximate surface area is 153 Å². The summed E-state index contributed by atoms with van der Waals surface area (Å²) in [6.07, 6.45) is -0.0338. The molecular weight excluding hydrogens is 398 g/mol. The molecule has 2 aromatic carbocycles. The van der Waals surface area contributed by atoms with Crippen LogP contribution in [0.1, 0.15) is 5.56 Å². The average molecular weight is 413 g/mol. The van der Waals surface area contributed by atoms with Gasteiger partial charge in [-0.3, -0.25) is 9.59 Å². The van der Waals surface area contributed by atoms with E-state index in [1.165, 1.54) is 7.11 Å². The van der Waals surface area contributed by atoms with E-state index in [-0.39, 0.29) is 13.0 Å². The third kappa shape index (κ3) is 5.54. The van der Waals surface area contributed by atoms with Gasteiger partial charge >= 0.3 is 5.97 Å². The summed E-state index contributed by atoms with van der Waals surface area (Å²) in [4.78, 5) is 23.7. The largest absolute Gasteiger partial charge is 0.496 e. The minimum atomic E-state index is -0.542. The van der Waals surface area contributed by atoms with Crippen LogP contribution in [0.15, 0.2) is 46.9 Å². The molecule has 0 aliphatic rings. The van der Waals surface area contributed by atoms with Gasteiger partial charge in [0.2, 0.25) is 0 Å². The van der Waals surface area contributed by atoms with Gasteiger partial charge in [0, 0.05) is 20.7 Å². The van der Waals surface area contributed by atoms with Gasteiger partial charge in [-0.15, -0.1) is 0 Å². The number of rotatable bonds is 6. The summed E-state index contributed by atoms with van der Waals surface area (Å²) in [6, 6.07) is 12.1. The molecule has 2 rings (SSSR count). The molecule has 2 aromatic rings. The zero-order valence-corrected chi connectivity index (χ0v) is 15.2. The highest BCUT2D eigenvalue weighted by Gasteiger charge is 2.12. The molecule has 0 aromatic heterocycles. The maximum absolute atomic E-state index is 11.9. The first kappa shape index (κ1) is 18.3. The molecule has 1 amide bonds. The van der Waals surface area contributed by atoms with E-state index in [1.807, 2.05) is 6.07 Å². The number of carbonyl (C=O) groups is 2. The molecule has 0 heterocycles. The summed E-state index contributed by atoms with van der Waals surface area (Å²) in [5.41, 5.74) is 1.21. The van der Waals surface area contributed by atoms with E-state index in [1.54, 1.807) is 36.4 Å². The third-order valence-electron chi connectivity index (χ3n) is 3.05. The smallest absolute Gasteiger partial charge is 0.310 e. The van der Waals surface area contributed by atoms with Gasteiger partial charge in [-0.1, -0.05) is 33.6 Å². The van der Waals surface area contributed by atoms with Gasteiger partial charge in [0.05, 0.1) is 13.5 Å². The van der Waals surface area contributed by atoms with Crippen LogP contribution in [0.2, 0.25) is 5.02 Å². The molecular formula is C17H15BrClNO4. The van der Waals surface area contributed by atoms with Gasteiger partial charge in [0.1, 0.15) is 5.75 Å². The molecule has 5 nitrogen and oxygen atoms in total. The number of ether oxygens (including phenoxy) is 2. The van der Waals surface area contributed by atoms with E-state index < -0.39 is 11.9 Å². The second-order valence-corrected chi connectivity index (χ2v) is 6.20. The van der Waals surface area contributed by atoms with Crippen LogP contribution >= 0.6 is 27.5 Å². The predicted molar refractivity (Wildman–Crippen MR) is 95.4 cm³/mol. The summed E-state index contributed by atoms with van der Waals surface area (Å²) >= 11 is 9.22. The molecule has 0 bridgehead atoms. The third-order valence-corrected chi connectivity index (χ3v) is 3.78. The second-order valence-electron chi connectivity index (χ2n) is 4.85. The summed E-state index contributed by atoms with van der Waals surface area (Å²) < 4.78 is 11.0. The van der Waals surface area contributed by atoms with E-state index in [0.717, 1.165) is 4.47 Å². The lowest BCUT2D eigenvalue weighted by atomic mass is 10.1. The molecule has 0 unspecified atom stereocenters. The fraction of sp³-hybridized carbons (Fsp3) is 0.176. The molecule has 0 saturated carbocycles. The number of benzene rings is 2. The van der Waals surface area contributed by atoms with Gasteiger partial charge in [-0.25, -0.2) is 0 Å². The predicted octanol–water partition coefficient (Wildman–Crippen LogP) is 3.84. The quantitative estimate of drug-likeness (QED) is 0.732. The molecule has 0 aliphatic heterocycles.